The molecule has 98 valence electrons. The van der Waals surface area contributed by atoms with Crippen molar-refractivity contribution in [2.45, 2.75) is 38.6 Å². The number of para-hydroxylation sites is 1. The fourth-order valence-electron chi connectivity index (χ4n) is 2.57. The van der Waals surface area contributed by atoms with Gasteiger partial charge in [-0.3, -0.25) is 4.79 Å². The monoisotopic (exact) mass is 246 g/mol. The highest BCUT2D eigenvalue weighted by molar-refractivity contribution is 5.94. The third kappa shape index (κ3) is 3.33. The third-order valence-corrected chi connectivity index (χ3v) is 3.58. The molecule has 1 fully saturated rings. The zero-order valence-electron chi connectivity index (χ0n) is 11.1. The summed E-state index contributed by atoms with van der Waals surface area (Å²) in [5.41, 5.74) is 0.984. The molecule has 1 N–H and O–H groups in total. The fourth-order valence-corrected chi connectivity index (χ4v) is 2.57. The van der Waals surface area contributed by atoms with Crippen LogP contribution < -0.4 is 10.2 Å². The van der Waals surface area contributed by atoms with Crippen LogP contribution in [0, 0.1) is 0 Å². The van der Waals surface area contributed by atoms with Crippen LogP contribution >= 0.6 is 0 Å². The van der Waals surface area contributed by atoms with E-state index in [4.69, 9.17) is 0 Å². The Hall–Kier alpha value is -1.35. The van der Waals surface area contributed by atoms with Crippen molar-refractivity contribution in [1.82, 2.24) is 5.32 Å². The highest BCUT2D eigenvalue weighted by atomic mass is 16.2. The molecule has 0 atom stereocenters. The molecule has 0 bridgehead atoms. The molecule has 0 saturated heterocycles. The molecular weight excluding hydrogens is 224 g/mol. The number of amides is 1. The van der Waals surface area contributed by atoms with E-state index < -0.39 is 0 Å². The molecule has 1 saturated carbocycles. The van der Waals surface area contributed by atoms with Crippen molar-refractivity contribution < 1.29 is 4.79 Å². The summed E-state index contributed by atoms with van der Waals surface area (Å²) in [5.74, 6) is 0.163. The molecule has 0 aromatic heterocycles. The summed E-state index contributed by atoms with van der Waals surface area (Å²) in [4.78, 5) is 14.0. The Morgan fingerprint density at radius 3 is 2.56 bits per heavy atom. The van der Waals surface area contributed by atoms with E-state index in [0.717, 1.165) is 12.2 Å². The first-order valence-electron chi connectivity index (χ1n) is 6.90. The second kappa shape index (κ2) is 6.55. The minimum atomic E-state index is 0.163. The maximum atomic E-state index is 12.2. The van der Waals surface area contributed by atoms with Crippen LogP contribution in [0.15, 0.2) is 30.3 Å². The van der Waals surface area contributed by atoms with Gasteiger partial charge in [0.15, 0.2) is 0 Å². The normalized spacial score (nSPS) is 15.8. The summed E-state index contributed by atoms with van der Waals surface area (Å²) in [6.45, 7) is 3.18. The molecule has 1 aliphatic carbocycles. The lowest BCUT2D eigenvalue weighted by Gasteiger charge is -2.22. The molecule has 3 heteroatoms. The molecule has 0 unspecified atom stereocenters. The summed E-state index contributed by atoms with van der Waals surface area (Å²) in [6.07, 6.45) is 5.01. The Morgan fingerprint density at radius 2 is 1.94 bits per heavy atom. The largest absolute Gasteiger partial charge is 0.312 e. The molecule has 1 aromatic rings. The smallest absolute Gasteiger partial charge is 0.240 e. The zero-order valence-corrected chi connectivity index (χ0v) is 11.1. The van der Waals surface area contributed by atoms with Crippen LogP contribution in [0.5, 0.6) is 0 Å². The van der Waals surface area contributed by atoms with Gasteiger partial charge in [-0.15, -0.1) is 0 Å². The van der Waals surface area contributed by atoms with E-state index in [9.17, 15) is 4.79 Å². The maximum absolute atomic E-state index is 12.2. The van der Waals surface area contributed by atoms with E-state index in [1.807, 2.05) is 42.2 Å². The van der Waals surface area contributed by atoms with Crippen molar-refractivity contribution in [3.8, 4) is 0 Å². The van der Waals surface area contributed by atoms with Crippen molar-refractivity contribution in [3.63, 3.8) is 0 Å². The van der Waals surface area contributed by atoms with E-state index in [2.05, 4.69) is 5.32 Å². The minimum absolute atomic E-state index is 0.163. The predicted octanol–water partition coefficient (Wildman–Crippen LogP) is 2.57. The van der Waals surface area contributed by atoms with Crippen LogP contribution in [-0.4, -0.2) is 25.0 Å². The van der Waals surface area contributed by atoms with Crippen molar-refractivity contribution in [1.29, 1.82) is 0 Å². The molecule has 0 radical (unpaired) electrons. The Morgan fingerprint density at radius 1 is 1.28 bits per heavy atom. The molecule has 0 aliphatic heterocycles. The summed E-state index contributed by atoms with van der Waals surface area (Å²) in [7, 11) is 0. The molecule has 3 nitrogen and oxygen atoms in total. The third-order valence-electron chi connectivity index (χ3n) is 3.58. The predicted molar refractivity (Wildman–Crippen MR) is 74.7 cm³/mol. The molecule has 0 heterocycles. The average molecular weight is 246 g/mol. The number of anilines is 1. The first-order valence-corrected chi connectivity index (χ1v) is 6.90. The van der Waals surface area contributed by atoms with Crippen LogP contribution in [0.4, 0.5) is 5.69 Å². The quantitative estimate of drug-likeness (QED) is 0.866. The van der Waals surface area contributed by atoms with Gasteiger partial charge in [0.2, 0.25) is 5.91 Å². The lowest BCUT2D eigenvalue weighted by atomic mass is 10.2. The molecule has 1 aliphatic rings. The fraction of sp³-hybridized carbons (Fsp3) is 0.533. The number of likely N-dealkylation sites (N-methyl/N-ethyl adjacent to an activating group) is 1. The van der Waals surface area contributed by atoms with Gasteiger partial charge in [0, 0.05) is 18.3 Å². The number of hydrogen-bond donors (Lipinski definition) is 1. The summed E-state index contributed by atoms with van der Waals surface area (Å²) in [6, 6.07) is 10.4. The number of nitrogens with one attached hydrogen (secondary N) is 1. The Kier molecular flexibility index (Phi) is 4.76. The van der Waals surface area contributed by atoms with E-state index in [1.165, 1.54) is 25.7 Å². The van der Waals surface area contributed by atoms with E-state index in [0.29, 0.717) is 12.6 Å². The van der Waals surface area contributed by atoms with Gasteiger partial charge in [-0.2, -0.15) is 0 Å². The van der Waals surface area contributed by atoms with Crippen molar-refractivity contribution in [2.75, 3.05) is 18.0 Å². The van der Waals surface area contributed by atoms with Gasteiger partial charge in [0.05, 0.1) is 6.54 Å². The Labute approximate surface area is 109 Å². The van der Waals surface area contributed by atoms with Crippen LogP contribution in [-0.2, 0) is 4.79 Å². The van der Waals surface area contributed by atoms with Gasteiger partial charge in [-0.05, 0) is 31.9 Å². The van der Waals surface area contributed by atoms with E-state index >= 15 is 0 Å². The number of rotatable bonds is 5. The van der Waals surface area contributed by atoms with Crippen LogP contribution in [0.3, 0.4) is 0 Å². The van der Waals surface area contributed by atoms with E-state index in [1.54, 1.807) is 0 Å². The number of hydrogen-bond acceptors (Lipinski definition) is 2. The first kappa shape index (κ1) is 13.1. The molecule has 1 aromatic carbocycles. The van der Waals surface area contributed by atoms with Crippen LogP contribution in [0.25, 0.3) is 0 Å². The van der Waals surface area contributed by atoms with Crippen LogP contribution in [0.2, 0.25) is 0 Å². The molecule has 0 spiro atoms. The first-order chi connectivity index (χ1) is 8.81. The Balaban J connectivity index is 1.89. The second-order valence-electron chi connectivity index (χ2n) is 4.84. The van der Waals surface area contributed by atoms with Crippen LogP contribution in [0.1, 0.15) is 32.6 Å². The topological polar surface area (TPSA) is 32.3 Å². The zero-order chi connectivity index (χ0) is 12.8. The SMILES string of the molecule is CCN(C(=O)CNC1CCCC1)c1ccccc1. The van der Waals surface area contributed by atoms with E-state index in [-0.39, 0.29) is 5.91 Å². The van der Waals surface area contributed by atoms with Gasteiger partial charge in [0.1, 0.15) is 0 Å². The molecule has 1 amide bonds. The number of nitrogens with zero attached hydrogens (tertiary/aromatic N) is 1. The molecule has 18 heavy (non-hydrogen) atoms. The number of carbonyl (C=O) groups excluding carboxylic acids is 1. The summed E-state index contributed by atoms with van der Waals surface area (Å²) < 4.78 is 0. The summed E-state index contributed by atoms with van der Waals surface area (Å²) >= 11 is 0. The summed E-state index contributed by atoms with van der Waals surface area (Å²) in [5, 5.41) is 3.37. The minimum Gasteiger partial charge on any atom is -0.312 e. The standard InChI is InChI=1S/C15H22N2O/c1-2-17(14-10-4-3-5-11-14)15(18)12-16-13-8-6-7-9-13/h3-5,10-11,13,16H,2,6-9,12H2,1H3. The van der Waals surface area contributed by atoms with Gasteiger partial charge >= 0.3 is 0 Å². The average Bonchev–Trinajstić information content (AvgIpc) is 2.92. The van der Waals surface area contributed by atoms with Gasteiger partial charge < -0.3 is 10.2 Å². The van der Waals surface area contributed by atoms with Crippen molar-refractivity contribution >= 4 is 11.6 Å². The maximum Gasteiger partial charge on any atom is 0.240 e. The number of carbonyl (C=O) groups is 1. The van der Waals surface area contributed by atoms with Crippen molar-refractivity contribution in [3.05, 3.63) is 30.3 Å². The highest BCUT2D eigenvalue weighted by Crippen LogP contribution is 2.18. The number of benzene rings is 1. The van der Waals surface area contributed by atoms with Gasteiger partial charge in [0.25, 0.3) is 0 Å². The lowest BCUT2D eigenvalue weighted by Crippen LogP contribution is -2.41. The Bertz CT molecular complexity index is 371. The highest BCUT2D eigenvalue weighted by Gasteiger charge is 2.18. The lowest BCUT2D eigenvalue weighted by molar-refractivity contribution is -0.117. The molecule has 2 rings (SSSR count). The molecular formula is C15H22N2O. The second-order valence-corrected chi connectivity index (χ2v) is 4.84. The van der Waals surface area contributed by atoms with Gasteiger partial charge in [-0.25, -0.2) is 0 Å². The van der Waals surface area contributed by atoms with Gasteiger partial charge in [-0.1, -0.05) is 31.0 Å². The van der Waals surface area contributed by atoms with Crippen molar-refractivity contribution in [2.24, 2.45) is 0 Å².